The second kappa shape index (κ2) is 6.15. The van der Waals surface area contributed by atoms with Crippen LogP contribution in [0.5, 0.6) is 0 Å². The summed E-state index contributed by atoms with van der Waals surface area (Å²) in [5.74, 6) is 6.66. The largest absolute Gasteiger partial charge is 0.358 e. The zero-order valence-corrected chi connectivity index (χ0v) is 13.9. The summed E-state index contributed by atoms with van der Waals surface area (Å²) >= 11 is 9.16. The number of carbonyl (C=O) groups excluding carboxylic acids is 1. The summed E-state index contributed by atoms with van der Waals surface area (Å²) in [4.78, 5) is 12.1. The molecule has 0 saturated heterocycles. The van der Waals surface area contributed by atoms with Gasteiger partial charge in [-0.25, -0.2) is 4.68 Å². The molecule has 2 heterocycles. The predicted octanol–water partition coefficient (Wildman–Crippen LogP) is 2.37. The van der Waals surface area contributed by atoms with Gasteiger partial charge in [0.25, 0.3) is 0 Å². The topological polar surface area (TPSA) is 85.8 Å². The number of rotatable bonds is 4. The average molecular weight is 354 g/mol. The number of thiophene rings is 1. The van der Waals surface area contributed by atoms with Crippen molar-refractivity contribution >= 4 is 50.7 Å². The van der Waals surface area contributed by atoms with Crippen LogP contribution in [0, 0.1) is 0 Å². The molecule has 0 spiro atoms. The summed E-state index contributed by atoms with van der Waals surface area (Å²) in [7, 11) is 1.58. The van der Waals surface area contributed by atoms with Crippen LogP contribution in [-0.2, 0) is 4.79 Å². The van der Waals surface area contributed by atoms with E-state index in [0.717, 1.165) is 15.0 Å². The molecule has 3 aromatic rings. The predicted molar refractivity (Wildman–Crippen MR) is 90.8 cm³/mol. The molecular weight excluding hydrogens is 342 g/mol. The maximum atomic E-state index is 11.3. The standard InChI is InChI=1S/C13H12ClN5OS2/c1-16-9(20)6-21-13-18-17-12(19(13)15)11-10(14)7-4-2-3-5-8(7)22-11/h2-5H,6,15H2,1H3,(H,16,20). The quantitative estimate of drug-likeness (QED) is 0.555. The van der Waals surface area contributed by atoms with Crippen LogP contribution >= 0.6 is 34.7 Å². The van der Waals surface area contributed by atoms with E-state index in [1.54, 1.807) is 7.05 Å². The SMILES string of the molecule is CNC(=O)CSc1nnc(-c2sc3ccccc3c2Cl)n1N. The number of hydrogen-bond acceptors (Lipinski definition) is 6. The van der Waals surface area contributed by atoms with Gasteiger partial charge in [0, 0.05) is 17.1 Å². The summed E-state index contributed by atoms with van der Waals surface area (Å²) in [6.07, 6.45) is 0. The monoisotopic (exact) mass is 353 g/mol. The number of nitrogen functional groups attached to an aromatic ring is 1. The summed E-state index contributed by atoms with van der Waals surface area (Å²) in [5, 5.41) is 12.7. The second-order valence-corrected chi connectivity index (χ2v) is 6.75. The Bertz CT molecular complexity index is 844. The summed E-state index contributed by atoms with van der Waals surface area (Å²) in [5.41, 5.74) is 0. The van der Waals surface area contributed by atoms with E-state index < -0.39 is 0 Å². The molecule has 3 rings (SSSR count). The van der Waals surface area contributed by atoms with Gasteiger partial charge in [0.2, 0.25) is 11.1 Å². The van der Waals surface area contributed by atoms with Crippen LogP contribution in [0.3, 0.4) is 0 Å². The zero-order valence-electron chi connectivity index (χ0n) is 11.5. The Kier molecular flexibility index (Phi) is 4.23. The van der Waals surface area contributed by atoms with Gasteiger partial charge in [-0.2, -0.15) is 0 Å². The number of thioether (sulfide) groups is 1. The summed E-state index contributed by atoms with van der Waals surface area (Å²) in [6.45, 7) is 0. The van der Waals surface area contributed by atoms with Crippen molar-refractivity contribution in [1.82, 2.24) is 20.2 Å². The van der Waals surface area contributed by atoms with Gasteiger partial charge in [-0.1, -0.05) is 41.6 Å². The van der Waals surface area contributed by atoms with E-state index in [1.807, 2.05) is 24.3 Å². The molecule has 0 saturated carbocycles. The first-order valence-electron chi connectivity index (χ1n) is 6.33. The number of nitrogens with zero attached hydrogens (tertiary/aromatic N) is 3. The number of benzene rings is 1. The minimum atomic E-state index is -0.102. The van der Waals surface area contributed by atoms with Gasteiger partial charge in [-0.3, -0.25) is 4.79 Å². The van der Waals surface area contributed by atoms with Crippen LogP contribution in [0.15, 0.2) is 29.4 Å². The summed E-state index contributed by atoms with van der Waals surface area (Å²) < 4.78 is 2.43. The van der Waals surface area contributed by atoms with Crippen LogP contribution in [0.2, 0.25) is 5.02 Å². The van der Waals surface area contributed by atoms with Gasteiger partial charge in [0.1, 0.15) is 0 Å². The highest BCUT2D eigenvalue weighted by molar-refractivity contribution is 7.99. The smallest absolute Gasteiger partial charge is 0.230 e. The molecule has 22 heavy (non-hydrogen) atoms. The highest BCUT2D eigenvalue weighted by atomic mass is 35.5. The van der Waals surface area contributed by atoms with E-state index in [4.69, 9.17) is 17.4 Å². The zero-order chi connectivity index (χ0) is 15.7. The lowest BCUT2D eigenvalue weighted by Gasteiger charge is -2.02. The third-order valence-electron chi connectivity index (χ3n) is 3.01. The molecule has 9 heteroatoms. The van der Waals surface area contributed by atoms with Crippen LogP contribution in [0.4, 0.5) is 0 Å². The summed E-state index contributed by atoms with van der Waals surface area (Å²) in [6, 6.07) is 7.84. The van der Waals surface area contributed by atoms with E-state index in [1.165, 1.54) is 27.8 Å². The van der Waals surface area contributed by atoms with E-state index in [2.05, 4.69) is 15.5 Å². The van der Waals surface area contributed by atoms with Gasteiger partial charge < -0.3 is 11.2 Å². The second-order valence-electron chi connectivity index (χ2n) is 4.38. The molecule has 0 aliphatic heterocycles. The van der Waals surface area contributed by atoms with Crippen molar-refractivity contribution in [2.75, 3.05) is 18.6 Å². The molecule has 0 aliphatic rings. The lowest BCUT2D eigenvalue weighted by atomic mass is 10.2. The Morgan fingerprint density at radius 1 is 1.45 bits per heavy atom. The average Bonchev–Trinajstić information content (AvgIpc) is 3.06. The van der Waals surface area contributed by atoms with Crippen LogP contribution in [-0.4, -0.2) is 33.6 Å². The third kappa shape index (κ3) is 2.65. The van der Waals surface area contributed by atoms with Crippen molar-refractivity contribution in [1.29, 1.82) is 0 Å². The van der Waals surface area contributed by atoms with Gasteiger partial charge in [-0.15, -0.1) is 21.5 Å². The molecular formula is C13H12ClN5OS2. The van der Waals surface area contributed by atoms with Crippen LogP contribution in [0.1, 0.15) is 0 Å². The van der Waals surface area contributed by atoms with Crippen molar-refractivity contribution in [3.63, 3.8) is 0 Å². The van der Waals surface area contributed by atoms with E-state index in [-0.39, 0.29) is 11.7 Å². The Hall–Kier alpha value is -1.77. The Labute approximate surface area is 139 Å². The minimum absolute atomic E-state index is 0.102. The number of aromatic nitrogens is 3. The molecule has 0 aliphatic carbocycles. The molecule has 2 aromatic heterocycles. The van der Waals surface area contributed by atoms with E-state index >= 15 is 0 Å². The lowest BCUT2D eigenvalue weighted by Crippen LogP contribution is -2.20. The molecule has 0 bridgehead atoms. The Balaban J connectivity index is 1.96. The number of hydrogen-bond donors (Lipinski definition) is 2. The molecule has 114 valence electrons. The minimum Gasteiger partial charge on any atom is -0.358 e. The van der Waals surface area contributed by atoms with E-state index in [0.29, 0.717) is 16.0 Å². The van der Waals surface area contributed by atoms with Gasteiger partial charge >= 0.3 is 0 Å². The van der Waals surface area contributed by atoms with Gasteiger partial charge in [0.05, 0.1) is 15.7 Å². The maximum Gasteiger partial charge on any atom is 0.230 e. The highest BCUT2D eigenvalue weighted by Crippen LogP contribution is 2.41. The molecule has 0 radical (unpaired) electrons. The number of nitrogens with one attached hydrogen (secondary N) is 1. The first-order chi connectivity index (χ1) is 10.6. The third-order valence-corrected chi connectivity index (χ3v) is 5.63. The number of carbonyl (C=O) groups is 1. The fraction of sp³-hybridized carbons (Fsp3) is 0.154. The maximum absolute atomic E-state index is 11.3. The lowest BCUT2D eigenvalue weighted by molar-refractivity contribution is -0.118. The number of fused-ring (bicyclic) bond motifs is 1. The molecule has 0 unspecified atom stereocenters. The normalized spacial score (nSPS) is 11.0. The van der Waals surface area contributed by atoms with Gasteiger partial charge in [0.15, 0.2) is 5.82 Å². The molecule has 0 fully saturated rings. The Morgan fingerprint density at radius 2 is 2.23 bits per heavy atom. The molecule has 3 N–H and O–H groups in total. The van der Waals surface area contributed by atoms with Crippen LogP contribution in [0.25, 0.3) is 20.8 Å². The van der Waals surface area contributed by atoms with E-state index in [9.17, 15) is 4.79 Å². The number of amides is 1. The molecule has 0 atom stereocenters. The molecule has 6 nitrogen and oxygen atoms in total. The highest BCUT2D eigenvalue weighted by Gasteiger charge is 2.19. The first kappa shape index (κ1) is 15.1. The van der Waals surface area contributed by atoms with Crippen LogP contribution < -0.4 is 11.2 Å². The fourth-order valence-corrected chi connectivity index (χ4v) is 4.12. The van der Waals surface area contributed by atoms with Crippen molar-refractivity contribution in [3.05, 3.63) is 29.3 Å². The fourth-order valence-electron chi connectivity index (χ4n) is 1.89. The number of halogens is 1. The molecule has 1 aromatic carbocycles. The van der Waals surface area contributed by atoms with Crippen molar-refractivity contribution in [2.24, 2.45) is 0 Å². The van der Waals surface area contributed by atoms with Crippen molar-refractivity contribution in [2.45, 2.75) is 5.16 Å². The first-order valence-corrected chi connectivity index (χ1v) is 8.51. The van der Waals surface area contributed by atoms with Crippen molar-refractivity contribution in [3.8, 4) is 10.7 Å². The van der Waals surface area contributed by atoms with Crippen molar-refractivity contribution < 1.29 is 4.79 Å². The molecule has 1 amide bonds. The Morgan fingerprint density at radius 3 is 2.95 bits per heavy atom. The van der Waals surface area contributed by atoms with Gasteiger partial charge in [-0.05, 0) is 6.07 Å². The number of nitrogens with two attached hydrogens (primary N) is 1.